The molecule has 6 heteroatoms. The molecule has 3 aliphatic heterocycles. The third-order valence-corrected chi connectivity index (χ3v) is 6.56. The molecule has 1 N–H and O–H groups in total. The number of rotatable bonds is 3. The highest BCUT2D eigenvalue weighted by Gasteiger charge is 2.23. The van der Waals surface area contributed by atoms with Crippen molar-refractivity contribution < 1.29 is 4.74 Å². The summed E-state index contributed by atoms with van der Waals surface area (Å²) in [7, 11) is 0. The molecular formula is C19H24N4OS. The minimum atomic E-state index is 0.838. The maximum absolute atomic E-state index is 5.70. The summed E-state index contributed by atoms with van der Waals surface area (Å²) < 4.78 is 5.70. The quantitative estimate of drug-likeness (QED) is 0.912. The van der Waals surface area contributed by atoms with Crippen LogP contribution in [-0.2, 0) is 25.9 Å². The van der Waals surface area contributed by atoms with Gasteiger partial charge in [-0.25, -0.2) is 4.98 Å². The van der Waals surface area contributed by atoms with E-state index in [1.54, 1.807) is 0 Å². The lowest BCUT2D eigenvalue weighted by molar-refractivity contribution is 0.249. The van der Waals surface area contributed by atoms with Crippen LogP contribution in [0.3, 0.4) is 0 Å². The van der Waals surface area contributed by atoms with E-state index < -0.39 is 0 Å². The summed E-state index contributed by atoms with van der Waals surface area (Å²) in [6.45, 7) is 8.25. The van der Waals surface area contributed by atoms with Crippen LogP contribution in [0.5, 0.6) is 5.75 Å². The Balaban J connectivity index is 1.20. The van der Waals surface area contributed by atoms with Gasteiger partial charge in [0, 0.05) is 63.5 Å². The number of anilines is 1. The lowest BCUT2D eigenvalue weighted by Gasteiger charge is -2.34. The van der Waals surface area contributed by atoms with Gasteiger partial charge in [-0.1, -0.05) is 12.1 Å². The second-order valence-corrected chi connectivity index (χ2v) is 8.16. The van der Waals surface area contributed by atoms with Crippen LogP contribution in [0.2, 0.25) is 0 Å². The number of benzene rings is 1. The Morgan fingerprint density at radius 1 is 1.16 bits per heavy atom. The van der Waals surface area contributed by atoms with Gasteiger partial charge in [0.2, 0.25) is 0 Å². The van der Waals surface area contributed by atoms with Crippen LogP contribution < -0.4 is 15.0 Å². The number of aromatic nitrogens is 1. The zero-order chi connectivity index (χ0) is 16.6. The first-order valence-corrected chi connectivity index (χ1v) is 10.1. The van der Waals surface area contributed by atoms with Gasteiger partial charge in [-0.05, 0) is 17.2 Å². The van der Waals surface area contributed by atoms with Crippen molar-refractivity contribution in [2.75, 3.05) is 44.2 Å². The maximum atomic E-state index is 5.70. The molecule has 0 spiro atoms. The highest BCUT2D eigenvalue weighted by atomic mass is 32.1. The maximum Gasteiger partial charge on any atom is 0.185 e. The van der Waals surface area contributed by atoms with Gasteiger partial charge >= 0.3 is 0 Å². The van der Waals surface area contributed by atoms with Crippen molar-refractivity contribution in [2.45, 2.75) is 25.9 Å². The second-order valence-electron chi connectivity index (χ2n) is 7.10. The molecule has 1 saturated heterocycles. The van der Waals surface area contributed by atoms with Crippen LogP contribution in [0.4, 0.5) is 5.13 Å². The van der Waals surface area contributed by atoms with Crippen LogP contribution >= 0.6 is 11.3 Å². The Hall–Kier alpha value is -1.63. The Labute approximate surface area is 152 Å². The molecule has 5 nitrogen and oxygen atoms in total. The Bertz CT molecular complexity index is 743. The van der Waals surface area contributed by atoms with Crippen molar-refractivity contribution in [3.05, 3.63) is 39.9 Å². The highest BCUT2D eigenvalue weighted by molar-refractivity contribution is 7.15. The van der Waals surface area contributed by atoms with Gasteiger partial charge in [0.15, 0.2) is 5.13 Å². The molecule has 1 aromatic heterocycles. The van der Waals surface area contributed by atoms with Crippen LogP contribution in [0.25, 0.3) is 0 Å². The van der Waals surface area contributed by atoms with Crippen LogP contribution in [0.15, 0.2) is 18.2 Å². The minimum absolute atomic E-state index is 0.838. The Morgan fingerprint density at radius 2 is 2.08 bits per heavy atom. The third-order valence-electron chi connectivity index (χ3n) is 5.40. The zero-order valence-corrected chi connectivity index (χ0v) is 15.3. The van der Waals surface area contributed by atoms with Crippen molar-refractivity contribution in [3.63, 3.8) is 0 Å². The van der Waals surface area contributed by atoms with Gasteiger partial charge in [0.25, 0.3) is 0 Å². The van der Waals surface area contributed by atoms with Crippen LogP contribution in [0, 0.1) is 0 Å². The van der Waals surface area contributed by atoms with Crippen molar-refractivity contribution in [1.82, 2.24) is 15.2 Å². The van der Waals surface area contributed by atoms with Crippen molar-refractivity contribution >= 4 is 16.5 Å². The second kappa shape index (κ2) is 6.59. The largest absolute Gasteiger partial charge is 0.493 e. The van der Waals surface area contributed by atoms with Crippen LogP contribution in [-0.4, -0.2) is 49.2 Å². The van der Waals surface area contributed by atoms with Gasteiger partial charge in [-0.2, -0.15) is 0 Å². The number of hydrogen-bond acceptors (Lipinski definition) is 6. The van der Waals surface area contributed by atoms with E-state index in [9.17, 15) is 0 Å². The molecule has 0 bridgehead atoms. The fourth-order valence-corrected chi connectivity index (χ4v) is 5.04. The molecule has 4 heterocycles. The zero-order valence-electron chi connectivity index (χ0n) is 14.5. The summed E-state index contributed by atoms with van der Waals surface area (Å²) in [5, 5.41) is 4.66. The molecule has 132 valence electrons. The molecule has 0 radical (unpaired) electrons. The van der Waals surface area contributed by atoms with Crippen LogP contribution in [0.1, 0.15) is 21.7 Å². The van der Waals surface area contributed by atoms with E-state index in [2.05, 4.69) is 33.3 Å². The molecule has 3 aliphatic rings. The summed E-state index contributed by atoms with van der Waals surface area (Å²) in [6.07, 6.45) is 2.13. The van der Waals surface area contributed by atoms with Gasteiger partial charge < -0.3 is 15.0 Å². The summed E-state index contributed by atoms with van der Waals surface area (Å²) >= 11 is 1.88. The minimum Gasteiger partial charge on any atom is -0.493 e. The van der Waals surface area contributed by atoms with E-state index in [0.717, 1.165) is 71.0 Å². The molecule has 0 saturated carbocycles. The van der Waals surface area contributed by atoms with E-state index >= 15 is 0 Å². The average molecular weight is 356 g/mol. The summed E-state index contributed by atoms with van der Waals surface area (Å²) in [6, 6.07) is 6.74. The normalized spacial score (nSPS) is 20.2. The summed E-state index contributed by atoms with van der Waals surface area (Å²) in [5.74, 6) is 1.10. The number of nitrogens with zero attached hydrogens (tertiary/aromatic N) is 3. The molecule has 0 unspecified atom stereocenters. The molecule has 0 amide bonds. The number of ether oxygens (including phenoxy) is 1. The number of hydrogen-bond donors (Lipinski definition) is 1. The molecule has 1 aromatic carbocycles. The van der Waals surface area contributed by atoms with E-state index in [1.165, 1.54) is 26.8 Å². The highest BCUT2D eigenvalue weighted by Crippen LogP contribution is 2.30. The van der Waals surface area contributed by atoms with E-state index in [4.69, 9.17) is 9.72 Å². The lowest BCUT2D eigenvalue weighted by Crippen LogP contribution is -2.45. The fourth-order valence-electron chi connectivity index (χ4n) is 3.91. The summed E-state index contributed by atoms with van der Waals surface area (Å²) in [4.78, 5) is 11.3. The number of fused-ring (bicyclic) bond motifs is 2. The average Bonchev–Trinajstić information content (AvgIpc) is 3.28. The Morgan fingerprint density at radius 3 is 2.96 bits per heavy atom. The lowest BCUT2D eigenvalue weighted by atomic mass is 10.1. The Kier molecular flexibility index (Phi) is 4.12. The SMILES string of the molecule is c1cc2c(cc1CN1CCN(c3nc4c(s3)CNCC4)CC1)OCC2. The number of piperazine rings is 1. The van der Waals surface area contributed by atoms with Gasteiger partial charge in [0.1, 0.15) is 5.75 Å². The number of nitrogens with one attached hydrogen (secondary N) is 1. The van der Waals surface area contributed by atoms with Crippen molar-refractivity contribution in [1.29, 1.82) is 0 Å². The van der Waals surface area contributed by atoms with E-state index in [1.807, 2.05) is 11.3 Å². The molecule has 2 aromatic rings. The predicted molar refractivity (Wildman–Crippen MR) is 101 cm³/mol. The topological polar surface area (TPSA) is 40.6 Å². The fraction of sp³-hybridized carbons (Fsp3) is 0.526. The number of thiazole rings is 1. The van der Waals surface area contributed by atoms with Crippen molar-refractivity contribution in [3.8, 4) is 5.75 Å². The first-order chi connectivity index (χ1) is 12.3. The van der Waals surface area contributed by atoms with Gasteiger partial charge in [0.05, 0.1) is 12.3 Å². The molecule has 1 fully saturated rings. The monoisotopic (exact) mass is 356 g/mol. The molecular weight excluding hydrogens is 332 g/mol. The molecule has 0 aliphatic carbocycles. The summed E-state index contributed by atoms with van der Waals surface area (Å²) in [5.41, 5.74) is 4.04. The van der Waals surface area contributed by atoms with Gasteiger partial charge in [-0.3, -0.25) is 4.90 Å². The van der Waals surface area contributed by atoms with E-state index in [-0.39, 0.29) is 0 Å². The first-order valence-electron chi connectivity index (χ1n) is 9.26. The first kappa shape index (κ1) is 15.6. The molecule has 5 rings (SSSR count). The standard InChI is InChI=1S/C19H24N4OS/c1-2-15-4-10-24-17(15)11-14(1)13-22-6-8-23(9-7-22)19-21-16-3-5-20-12-18(16)25-19/h1-2,11,20H,3-10,12-13H2. The van der Waals surface area contributed by atoms with E-state index in [0.29, 0.717) is 0 Å². The molecule has 0 atom stereocenters. The van der Waals surface area contributed by atoms with Gasteiger partial charge in [-0.15, -0.1) is 11.3 Å². The predicted octanol–water partition coefficient (Wildman–Crippen LogP) is 2.05. The third kappa shape index (κ3) is 3.14. The smallest absolute Gasteiger partial charge is 0.185 e. The molecule has 25 heavy (non-hydrogen) atoms. The van der Waals surface area contributed by atoms with Crippen molar-refractivity contribution in [2.24, 2.45) is 0 Å².